The number of benzene rings is 1. The molecule has 1 heterocycles. The molecule has 0 saturated carbocycles. The second-order valence-corrected chi connectivity index (χ2v) is 4.64. The number of nitrogens with two attached hydrogens (primary N) is 1. The zero-order valence-electron chi connectivity index (χ0n) is 9.00. The van der Waals surface area contributed by atoms with Gasteiger partial charge in [0.2, 0.25) is 0 Å². The molecule has 1 aromatic carbocycles. The van der Waals surface area contributed by atoms with E-state index in [1.807, 2.05) is 0 Å². The van der Waals surface area contributed by atoms with Crippen molar-refractivity contribution >= 4 is 15.9 Å². The minimum absolute atomic E-state index is 0.124. The SMILES string of the molecule is CC(N)c1c(O)c(Br)cc2c1OCCCO2. The second kappa shape index (κ2) is 4.51. The average Bonchev–Trinajstić information content (AvgIpc) is 2.44. The van der Waals surface area contributed by atoms with Crippen LogP contribution in [0.15, 0.2) is 10.5 Å². The topological polar surface area (TPSA) is 64.7 Å². The van der Waals surface area contributed by atoms with Gasteiger partial charge in [-0.1, -0.05) is 0 Å². The molecule has 1 unspecified atom stereocenters. The van der Waals surface area contributed by atoms with Crippen LogP contribution in [0.5, 0.6) is 17.2 Å². The highest BCUT2D eigenvalue weighted by Crippen LogP contribution is 2.45. The molecule has 1 aromatic rings. The molecule has 0 aromatic heterocycles. The molecule has 1 atom stereocenters. The van der Waals surface area contributed by atoms with Gasteiger partial charge >= 0.3 is 0 Å². The number of hydrogen-bond acceptors (Lipinski definition) is 4. The fourth-order valence-electron chi connectivity index (χ4n) is 1.71. The van der Waals surface area contributed by atoms with Gasteiger partial charge in [-0.25, -0.2) is 0 Å². The maximum absolute atomic E-state index is 9.95. The summed E-state index contributed by atoms with van der Waals surface area (Å²) in [5.41, 5.74) is 6.43. The number of halogens is 1. The zero-order chi connectivity index (χ0) is 11.7. The zero-order valence-corrected chi connectivity index (χ0v) is 10.6. The number of phenols is 1. The smallest absolute Gasteiger partial charge is 0.169 e. The number of ether oxygens (including phenoxy) is 2. The van der Waals surface area contributed by atoms with Gasteiger partial charge in [-0.15, -0.1) is 0 Å². The Bertz CT molecular complexity index is 407. The Hall–Kier alpha value is -0.940. The molecule has 2 rings (SSSR count). The molecular formula is C11H14BrNO3. The van der Waals surface area contributed by atoms with E-state index in [0.29, 0.717) is 34.7 Å². The highest BCUT2D eigenvalue weighted by Gasteiger charge is 2.23. The van der Waals surface area contributed by atoms with E-state index in [-0.39, 0.29) is 11.8 Å². The van der Waals surface area contributed by atoms with Gasteiger partial charge in [0.05, 0.1) is 23.2 Å². The summed E-state index contributed by atoms with van der Waals surface area (Å²) in [4.78, 5) is 0. The number of phenolic OH excluding ortho intramolecular Hbond substituents is 1. The third-order valence-electron chi connectivity index (χ3n) is 2.46. The number of aromatic hydroxyl groups is 1. The Labute approximate surface area is 102 Å². The molecule has 1 aliphatic heterocycles. The average molecular weight is 288 g/mol. The molecule has 0 saturated heterocycles. The van der Waals surface area contributed by atoms with Crippen molar-refractivity contribution in [3.8, 4) is 17.2 Å². The molecule has 3 N–H and O–H groups in total. The van der Waals surface area contributed by atoms with E-state index in [1.165, 1.54) is 0 Å². The Morgan fingerprint density at radius 1 is 1.44 bits per heavy atom. The fraction of sp³-hybridized carbons (Fsp3) is 0.455. The van der Waals surface area contributed by atoms with Gasteiger partial charge in [-0.05, 0) is 22.9 Å². The lowest BCUT2D eigenvalue weighted by molar-refractivity contribution is 0.295. The van der Waals surface area contributed by atoms with Crippen LogP contribution in [-0.2, 0) is 0 Å². The van der Waals surface area contributed by atoms with Crippen molar-refractivity contribution in [1.29, 1.82) is 0 Å². The monoisotopic (exact) mass is 287 g/mol. The second-order valence-electron chi connectivity index (χ2n) is 3.79. The Morgan fingerprint density at radius 3 is 2.81 bits per heavy atom. The highest BCUT2D eigenvalue weighted by molar-refractivity contribution is 9.10. The lowest BCUT2D eigenvalue weighted by Crippen LogP contribution is -2.09. The fourth-order valence-corrected chi connectivity index (χ4v) is 2.13. The minimum Gasteiger partial charge on any atom is -0.506 e. The van der Waals surface area contributed by atoms with Gasteiger partial charge in [0.1, 0.15) is 5.75 Å². The first kappa shape index (κ1) is 11.5. The van der Waals surface area contributed by atoms with Crippen LogP contribution in [0.25, 0.3) is 0 Å². The first-order valence-electron chi connectivity index (χ1n) is 5.17. The summed E-state index contributed by atoms with van der Waals surface area (Å²) < 4.78 is 11.7. The molecule has 0 amide bonds. The number of fused-ring (bicyclic) bond motifs is 1. The van der Waals surface area contributed by atoms with Crippen LogP contribution in [-0.4, -0.2) is 18.3 Å². The van der Waals surface area contributed by atoms with Crippen LogP contribution < -0.4 is 15.2 Å². The molecule has 5 heteroatoms. The van der Waals surface area contributed by atoms with E-state index >= 15 is 0 Å². The van der Waals surface area contributed by atoms with Crippen molar-refractivity contribution in [2.24, 2.45) is 5.73 Å². The molecule has 0 aliphatic carbocycles. The van der Waals surface area contributed by atoms with Crippen LogP contribution in [0.3, 0.4) is 0 Å². The van der Waals surface area contributed by atoms with E-state index in [4.69, 9.17) is 15.2 Å². The van der Waals surface area contributed by atoms with Gasteiger partial charge < -0.3 is 20.3 Å². The maximum Gasteiger partial charge on any atom is 0.169 e. The highest BCUT2D eigenvalue weighted by atomic mass is 79.9. The van der Waals surface area contributed by atoms with Crippen molar-refractivity contribution in [2.75, 3.05) is 13.2 Å². The summed E-state index contributed by atoms with van der Waals surface area (Å²) >= 11 is 3.28. The molecule has 0 fully saturated rings. The van der Waals surface area contributed by atoms with Crippen molar-refractivity contribution in [1.82, 2.24) is 0 Å². The Morgan fingerprint density at radius 2 is 2.12 bits per heavy atom. The summed E-state index contributed by atoms with van der Waals surface area (Å²) in [5.74, 6) is 1.32. The summed E-state index contributed by atoms with van der Waals surface area (Å²) in [6.07, 6.45) is 0.825. The van der Waals surface area contributed by atoms with Gasteiger partial charge in [0, 0.05) is 18.5 Å². The van der Waals surface area contributed by atoms with Crippen LogP contribution in [0.1, 0.15) is 24.9 Å². The molecule has 0 bridgehead atoms. The first-order chi connectivity index (χ1) is 7.61. The van der Waals surface area contributed by atoms with Gasteiger partial charge in [0.25, 0.3) is 0 Å². The van der Waals surface area contributed by atoms with E-state index in [0.717, 1.165) is 6.42 Å². The summed E-state index contributed by atoms with van der Waals surface area (Å²) in [6.45, 7) is 2.99. The molecule has 1 aliphatic rings. The lowest BCUT2D eigenvalue weighted by Gasteiger charge is -2.17. The van der Waals surface area contributed by atoms with E-state index in [2.05, 4.69) is 15.9 Å². The largest absolute Gasteiger partial charge is 0.506 e. The summed E-state index contributed by atoms with van der Waals surface area (Å²) in [6, 6.07) is 1.40. The Balaban J connectivity index is 2.60. The first-order valence-corrected chi connectivity index (χ1v) is 5.97. The number of hydrogen-bond donors (Lipinski definition) is 2. The third-order valence-corrected chi connectivity index (χ3v) is 3.06. The van der Waals surface area contributed by atoms with E-state index < -0.39 is 0 Å². The number of rotatable bonds is 1. The standard InChI is InChI=1S/C11H14BrNO3/c1-6(13)9-10(14)7(12)5-8-11(9)16-4-2-3-15-8/h5-6,14H,2-4,13H2,1H3. The van der Waals surface area contributed by atoms with E-state index in [1.54, 1.807) is 13.0 Å². The summed E-state index contributed by atoms with van der Waals surface area (Å²) in [7, 11) is 0. The van der Waals surface area contributed by atoms with Crippen LogP contribution in [0.2, 0.25) is 0 Å². The quantitative estimate of drug-likeness (QED) is 0.832. The van der Waals surface area contributed by atoms with Crippen LogP contribution in [0.4, 0.5) is 0 Å². The van der Waals surface area contributed by atoms with Gasteiger partial charge in [0.15, 0.2) is 11.5 Å². The molecule has 0 spiro atoms. The lowest BCUT2D eigenvalue weighted by atomic mass is 10.1. The molecule has 16 heavy (non-hydrogen) atoms. The van der Waals surface area contributed by atoms with Crippen LogP contribution in [0, 0.1) is 0 Å². The minimum atomic E-state index is -0.312. The summed E-state index contributed by atoms with van der Waals surface area (Å²) in [5, 5.41) is 9.95. The molecule has 88 valence electrons. The van der Waals surface area contributed by atoms with E-state index in [9.17, 15) is 5.11 Å². The predicted molar refractivity (Wildman–Crippen MR) is 64.0 cm³/mol. The molecule has 0 radical (unpaired) electrons. The van der Waals surface area contributed by atoms with Crippen molar-refractivity contribution in [3.63, 3.8) is 0 Å². The molecule has 4 nitrogen and oxygen atoms in total. The third kappa shape index (κ3) is 1.97. The van der Waals surface area contributed by atoms with Gasteiger partial charge in [-0.3, -0.25) is 0 Å². The maximum atomic E-state index is 9.95. The van der Waals surface area contributed by atoms with Gasteiger partial charge in [-0.2, -0.15) is 0 Å². The van der Waals surface area contributed by atoms with Crippen molar-refractivity contribution < 1.29 is 14.6 Å². The molecular weight excluding hydrogens is 274 g/mol. The Kier molecular flexibility index (Phi) is 3.25. The van der Waals surface area contributed by atoms with Crippen molar-refractivity contribution in [3.05, 3.63) is 16.1 Å². The van der Waals surface area contributed by atoms with Crippen molar-refractivity contribution in [2.45, 2.75) is 19.4 Å². The van der Waals surface area contributed by atoms with Crippen LogP contribution >= 0.6 is 15.9 Å². The normalized spacial score (nSPS) is 16.7. The predicted octanol–water partition coefficient (Wildman–Crippen LogP) is 2.34.